The van der Waals surface area contributed by atoms with E-state index < -0.39 is 41.6 Å². The van der Waals surface area contributed by atoms with E-state index in [4.69, 9.17) is 11.6 Å². The Labute approximate surface area is 158 Å². The smallest absolute Gasteiger partial charge is 0.416 e. The minimum absolute atomic E-state index is 0.229. The molecule has 10 heteroatoms. The Bertz CT molecular complexity index is 1070. The Balaban J connectivity index is 2.23. The van der Waals surface area contributed by atoms with E-state index in [1.165, 1.54) is 24.3 Å². The lowest BCUT2D eigenvalue weighted by molar-refractivity contribution is -0.141. The maximum Gasteiger partial charge on any atom is 0.416 e. The van der Waals surface area contributed by atoms with Gasteiger partial charge < -0.3 is 9.67 Å². The van der Waals surface area contributed by atoms with E-state index in [1.807, 2.05) is 0 Å². The van der Waals surface area contributed by atoms with Crippen LogP contribution in [0.25, 0.3) is 10.9 Å². The zero-order valence-corrected chi connectivity index (χ0v) is 14.5. The van der Waals surface area contributed by atoms with Crippen molar-refractivity contribution in [2.24, 2.45) is 0 Å². The highest BCUT2D eigenvalue weighted by atomic mass is 35.5. The van der Waals surface area contributed by atoms with E-state index >= 15 is 0 Å². The van der Waals surface area contributed by atoms with Crippen molar-refractivity contribution in [2.45, 2.75) is 18.9 Å². The van der Waals surface area contributed by atoms with Crippen molar-refractivity contribution < 1.29 is 36.2 Å². The maximum absolute atomic E-state index is 13.3. The number of aromatic nitrogens is 1. The highest BCUT2D eigenvalue weighted by molar-refractivity contribution is 6.31. The second-order valence-electron chi connectivity index (χ2n) is 5.99. The third kappa shape index (κ3) is 3.80. The summed E-state index contributed by atoms with van der Waals surface area (Å²) in [5.41, 5.74) is -3.37. The average Bonchev–Trinajstić information content (AvgIpc) is 2.91. The monoisotopic (exact) mass is 421 g/mol. The van der Waals surface area contributed by atoms with Crippen LogP contribution in [0, 0.1) is 0 Å². The molecule has 0 aliphatic carbocycles. The fourth-order valence-electron chi connectivity index (χ4n) is 2.94. The molecule has 0 bridgehead atoms. The number of hydrogen-bond donors (Lipinski definition) is 1. The van der Waals surface area contributed by atoms with Gasteiger partial charge in [0.05, 0.1) is 11.1 Å². The molecular weight excluding hydrogens is 412 g/mol. The molecule has 0 atom stereocenters. The number of carboxylic acids is 1. The molecule has 0 radical (unpaired) electrons. The number of hydrogen-bond acceptors (Lipinski definition) is 1. The maximum atomic E-state index is 13.3. The SMILES string of the molecule is O=C(O)c1cc2cc(Cl)ccc2n1Cc1cc(C(F)(F)F)ccc1C(F)(F)F. The number of benzene rings is 2. The Morgan fingerprint density at radius 2 is 1.64 bits per heavy atom. The zero-order chi connectivity index (χ0) is 20.9. The molecule has 0 spiro atoms. The van der Waals surface area contributed by atoms with Gasteiger partial charge in [0.2, 0.25) is 0 Å². The molecule has 1 heterocycles. The summed E-state index contributed by atoms with van der Waals surface area (Å²) in [4.78, 5) is 11.5. The van der Waals surface area contributed by atoms with Crippen LogP contribution in [-0.2, 0) is 18.9 Å². The van der Waals surface area contributed by atoms with Crippen LogP contribution in [0.4, 0.5) is 26.3 Å². The molecular formula is C18H10ClF6NO2. The minimum atomic E-state index is -4.91. The number of halogens is 7. The standard InChI is InChI=1S/C18H10ClF6NO2/c19-12-2-4-14-9(6-12)7-15(16(27)28)26(14)8-10-5-11(17(20,21)22)1-3-13(10)18(23,24)25/h1-7H,8H2,(H,27,28). The molecule has 0 saturated carbocycles. The van der Waals surface area contributed by atoms with Gasteiger partial charge in [0.25, 0.3) is 0 Å². The number of carbonyl (C=O) groups is 1. The van der Waals surface area contributed by atoms with E-state index in [1.54, 1.807) is 0 Å². The Kier molecular flexibility index (Phi) is 4.82. The Hall–Kier alpha value is -2.68. The summed E-state index contributed by atoms with van der Waals surface area (Å²) in [6.45, 7) is -0.717. The molecule has 0 fully saturated rings. The lowest BCUT2D eigenvalue weighted by Gasteiger charge is -2.17. The van der Waals surface area contributed by atoms with Crippen LogP contribution in [-0.4, -0.2) is 15.6 Å². The fraction of sp³-hybridized carbons (Fsp3) is 0.167. The van der Waals surface area contributed by atoms with E-state index in [-0.39, 0.29) is 16.2 Å². The van der Waals surface area contributed by atoms with E-state index in [9.17, 15) is 36.2 Å². The summed E-state index contributed by atoms with van der Waals surface area (Å²) < 4.78 is 79.9. The first-order valence-electron chi connectivity index (χ1n) is 7.67. The fourth-order valence-corrected chi connectivity index (χ4v) is 3.12. The highest BCUT2D eigenvalue weighted by Crippen LogP contribution is 2.37. The topological polar surface area (TPSA) is 42.2 Å². The van der Waals surface area contributed by atoms with E-state index in [0.717, 1.165) is 4.57 Å². The van der Waals surface area contributed by atoms with Crippen LogP contribution < -0.4 is 0 Å². The number of alkyl halides is 6. The number of fused-ring (bicyclic) bond motifs is 1. The van der Waals surface area contributed by atoms with Crippen molar-refractivity contribution in [3.8, 4) is 0 Å². The summed E-state index contributed by atoms with van der Waals surface area (Å²) in [7, 11) is 0. The quantitative estimate of drug-likeness (QED) is 0.521. The first kappa shape index (κ1) is 20.1. The molecule has 2 aromatic carbocycles. The van der Waals surface area contributed by atoms with Gasteiger partial charge in [-0.3, -0.25) is 0 Å². The van der Waals surface area contributed by atoms with Crippen LogP contribution in [0.3, 0.4) is 0 Å². The number of nitrogens with zero attached hydrogens (tertiary/aromatic N) is 1. The molecule has 3 nitrogen and oxygen atoms in total. The number of carboxylic acid groups (broad SMARTS) is 1. The summed E-state index contributed by atoms with van der Waals surface area (Å²) in [6.07, 6.45) is -9.75. The summed E-state index contributed by atoms with van der Waals surface area (Å²) in [6, 6.07) is 6.49. The molecule has 28 heavy (non-hydrogen) atoms. The first-order chi connectivity index (χ1) is 12.9. The number of rotatable bonds is 3. The van der Waals surface area contributed by atoms with Gasteiger partial charge in [-0.15, -0.1) is 0 Å². The molecule has 0 saturated heterocycles. The molecule has 0 aliphatic rings. The number of aromatic carboxylic acids is 1. The van der Waals surface area contributed by atoms with Gasteiger partial charge in [-0.25, -0.2) is 4.79 Å². The van der Waals surface area contributed by atoms with Crippen molar-refractivity contribution in [1.82, 2.24) is 4.57 Å². The Morgan fingerprint density at radius 3 is 2.21 bits per heavy atom. The molecule has 1 aromatic heterocycles. The predicted octanol–water partition coefficient (Wildman–Crippen LogP) is 6.08. The lowest BCUT2D eigenvalue weighted by Crippen LogP contribution is -2.16. The van der Waals surface area contributed by atoms with E-state index in [2.05, 4.69) is 0 Å². The lowest BCUT2D eigenvalue weighted by atomic mass is 10.0. The second kappa shape index (κ2) is 6.73. The Morgan fingerprint density at radius 1 is 0.964 bits per heavy atom. The molecule has 0 unspecified atom stereocenters. The van der Waals surface area contributed by atoms with Gasteiger partial charge in [0, 0.05) is 22.5 Å². The summed E-state index contributed by atoms with van der Waals surface area (Å²) in [5, 5.41) is 9.98. The van der Waals surface area contributed by atoms with Gasteiger partial charge in [0.1, 0.15) is 5.69 Å². The van der Waals surface area contributed by atoms with Crippen molar-refractivity contribution in [2.75, 3.05) is 0 Å². The van der Waals surface area contributed by atoms with E-state index in [0.29, 0.717) is 23.6 Å². The van der Waals surface area contributed by atoms with Crippen molar-refractivity contribution in [1.29, 1.82) is 0 Å². The molecule has 0 aliphatic heterocycles. The molecule has 3 rings (SSSR count). The van der Waals surface area contributed by atoms with Gasteiger partial charge in [0.15, 0.2) is 0 Å². The predicted molar refractivity (Wildman–Crippen MR) is 89.5 cm³/mol. The third-order valence-corrected chi connectivity index (χ3v) is 4.38. The van der Waals surface area contributed by atoms with Crippen LogP contribution >= 0.6 is 11.6 Å². The average molecular weight is 422 g/mol. The van der Waals surface area contributed by atoms with Crippen LogP contribution in [0.2, 0.25) is 5.02 Å². The van der Waals surface area contributed by atoms with Crippen LogP contribution in [0.15, 0.2) is 42.5 Å². The van der Waals surface area contributed by atoms with Crippen LogP contribution in [0.5, 0.6) is 0 Å². The second-order valence-corrected chi connectivity index (χ2v) is 6.43. The van der Waals surface area contributed by atoms with Gasteiger partial charge >= 0.3 is 18.3 Å². The first-order valence-corrected chi connectivity index (χ1v) is 8.05. The highest BCUT2D eigenvalue weighted by Gasteiger charge is 2.37. The third-order valence-electron chi connectivity index (χ3n) is 4.15. The van der Waals surface area contributed by atoms with Crippen molar-refractivity contribution in [3.63, 3.8) is 0 Å². The van der Waals surface area contributed by atoms with Crippen molar-refractivity contribution in [3.05, 3.63) is 69.9 Å². The van der Waals surface area contributed by atoms with Crippen LogP contribution in [0.1, 0.15) is 27.2 Å². The van der Waals surface area contributed by atoms with Gasteiger partial charge in [-0.2, -0.15) is 26.3 Å². The zero-order valence-electron chi connectivity index (χ0n) is 13.7. The molecule has 0 amide bonds. The summed E-state index contributed by atoms with van der Waals surface area (Å²) >= 11 is 5.85. The largest absolute Gasteiger partial charge is 0.477 e. The summed E-state index contributed by atoms with van der Waals surface area (Å²) in [5.74, 6) is -1.44. The molecule has 1 N–H and O–H groups in total. The van der Waals surface area contributed by atoms with Gasteiger partial charge in [-0.05, 0) is 48.0 Å². The minimum Gasteiger partial charge on any atom is -0.477 e. The molecule has 148 valence electrons. The van der Waals surface area contributed by atoms with Crippen molar-refractivity contribution >= 4 is 28.5 Å². The molecule has 3 aromatic rings. The normalized spacial score (nSPS) is 12.5. The van der Waals surface area contributed by atoms with Gasteiger partial charge in [-0.1, -0.05) is 11.6 Å².